The van der Waals surface area contributed by atoms with Gasteiger partial charge in [0, 0.05) is 19.5 Å². The van der Waals surface area contributed by atoms with Crippen molar-refractivity contribution in [1.29, 1.82) is 0 Å². The van der Waals surface area contributed by atoms with E-state index in [4.69, 9.17) is 5.11 Å². The van der Waals surface area contributed by atoms with Crippen molar-refractivity contribution in [3.63, 3.8) is 0 Å². The number of hydrogen-bond donors (Lipinski definition) is 2. The summed E-state index contributed by atoms with van der Waals surface area (Å²) in [4.78, 5) is 29.4. The minimum atomic E-state index is -0.815. The normalized spacial score (nSPS) is 19.5. The summed E-state index contributed by atoms with van der Waals surface area (Å²) in [5.41, 5.74) is 0.875. The largest absolute Gasteiger partial charge is 0.481 e. The predicted molar refractivity (Wildman–Crippen MR) is 99.2 cm³/mol. The van der Waals surface area contributed by atoms with Crippen molar-refractivity contribution >= 4 is 12.0 Å². The number of nitrogens with one attached hydrogen (secondary N) is 1. The van der Waals surface area contributed by atoms with Crippen molar-refractivity contribution in [2.24, 2.45) is 11.8 Å². The number of urea groups is 1. The van der Waals surface area contributed by atoms with E-state index in [0.717, 1.165) is 5.69 Å². The third kappa shape index (κ3) is 4.52. The van der Waals surface area contributed by atoms with Crippen LogP contribution in [0.25, 0.3) is 5.69 Å². The molecule has 0 aliphatic carbocycles. The van der Waals surface area contributed by atoms with E-state index in [1.165, 1.54) is 6.33 Å². The molecule has 2 atom stereocenters. The average molecular weight is 369 g/mol. The third-order valence-corrected chi connectivity index (χ3v) is 4.85. The molecule has 1 aromatic carbocycles. The Morgan fingerprint density at radius 3 is 2.81 bits per heavy atom. The number of aliphatic carboxylic acids is 1. The van der Waals surface area contributed by atoms with E-state index in [0.29, 0.717) is 25.3 Å². The van der Waals surface area contributed by atoms with E-state index in [-0.39, 0.29) is 30.8 Å². The molecule has 3 rings (SSSR count). The molecule has 0 radical (unpaired) electrons. The van der Waals surface area contributed by atoms with Gasteiger partial charge in [0.15, 0.2) is 5.82 Å². The van der Waals surface area contributed by atoms with Crippen LogP contribution in [0.2, 0.25) is 0 Å². The molecular weight excluding hydrogens is 346 g/mol. The summed E-state index contributed by atoms with van der Waals surface area (Å²) in [6, 6.07) is 9.39. The maximum Gasteiger partial charge on any atom is 0.317 e. The first kappa shape index (κ1) is 18.6. The third-order valence-electron chi connectivity index (χ3n) is 4.85. The smallest absolute Gasteiger partial charge is 0.317 e. The van der Waals surface area contributed by atoms with Crippen molar-refractivity contribution in [3.05, 3.63) is 55.1 Å². The highest BCUT2D eigenvalue weighted by molar-refractivity contribution is 5.74. The van der Waals surface area contributed by atoms with Crippen molar-refractivity contribution in [2.45, 2.75) is 19.4 Å². The quantitative estimate of drug-likeness (QED) is 0.759. The molecule has 2 amide bonds. The summed E-state index contributed by atoms with van der Waals surface area (Å²) >= 11 is 0. The summed E-state index contributed by atoms with van der Waals surface area (Å²) < 4.78 is 1.69. The van der Waals surface area contributed by atoms with E-state index >= 15 is 0 Å². The van der Waals surface area contributed by atoms with Crippen LogP contribution in [0.15, 0.2) is 49.3 Å². The van der Waals surface area contributed by atoms with Gasteiger partial charge in [-0.3, -0.25) is 4.79 Å². The molecule has 1 aliphatic rings. The zero-order chi connectivity index (χ0) is 19.2. The first-order valence-electron chi connectivity index (χ1n) is 8.90. The number of benzene rings is 1. The number of likely N-dealkylation sites (tertiary alicyclic amines) is 1. The molecule has 0 saturated carbocycles. The van der Waals surface area contributed by atoms with E-state index < -0.39 is 5.97 Å². The lowest BCUT2D eigenvalue weighted by atomic mass is 9.83. The first-order chi connectivity index (χ1) is 13.1. The minimum Gasteiger partial charge on any atom is -0.481 e. The number of carbonyl (C=O) groups excluding carboxylic acids is 1. The summed E-state index contributed by atoms with van der Waals surface area (Å²) in [6.07, 6.45) is 3.96. The van der Waals surface area contributed by atoms with Crippen LogP contribution in [0.1, 0.15) is 18.7 Å². The monoisotopic (exact) mass is 369 g/mol. The Bertz CT molecular complexity index is 805. The lowest BCUT2D eigenvalue weighted by Gasteiger charge is -2.36. The Labute approximate surface area is 157 Å². The van der Waals surface area contributed by atoms with Gasteiger partial charge in [0.25, 0.3) is 0 Å². The fraction of sp³-hybridized carbons (Fsp3) is 0.368. The molecule has 1 aliphatic heterocycles. The van der Waals surface area contributed by atoms with Crippen molar-refractivity contribution < 1.29 is 14.7 Å². The van der Waals surface area contributed by atoms with E-state index in [2.05, 4.69) is 22.0 Å². The summed E-state index contributed by atoms with van der Waals surface area (Å²) in [5.74, 6) is -0.181. The van der Waals surface area contributed by atoms with Crippen molar-refractivity contribution in [2.75, 3.05) is 13.1 Å². The Balaban J connectivity index is 1.59. The number of rotatable bonds is 6. The maximum absolute atomic E-state index is 12.5. The van der Waals surface area contributed by atoms with Gasteiger partial charge in [-0.05, 0) is 30.4 Å². The van der Waals surface area contributed by atoms with E-state index in [1.54, 1.807) is 15.7 Å². The molecule has 1 aromatic heterocycles. The van der Waals surface area contributed by atoms with E-state index in [1.807, 2.05) is 30.3 Å². The zero-order valence-corrected chi connectivity index (χ0v) is 15.0. The van der Waals surface area contributed by atoms with Crippen LogP contribution in [0.5, 0.6) is 0 Å². The molecule has 0 spiro atoms. The number of carbonyl (C=O) groups is 2. The zero-order valence-electron chi connectivity index (χ0n) is 15.0. The highest BCUT2D eigenvalue weighted by atomic mass is 16.4. The van der Waals surface area contributed by atoms with Gasteiger partial charge in [-0.1, -0.05) is 24.3 Å². The molecule has 0 bridgehead atoms. The highest BCUT2D eigenvalue weighted by Crippen LogP contribution is 2.27. The fourth-order valence-corrected chi connectivity index (χ4v) is 3.40. The summed E-state index contributed by atoms with van der Waals surface area (Å²) in [7, 11) is 0. The molecular formula is C19H23N5O3. The van der Waals surface area contributed by atoms with Crippen LogP contribution in [0, 0.1) is 11.8 Å². The summed E-state index contributed by atoms with van der Waals surface area (Å²) in [5, 5.41) is 16.1. The number of nitrogens with zero attached hydrogens (tertiary/aromatic N) is 4. The first-order valence-corrected chi connectivity index (χ1v) is 8.90. The molecule has 1 fully saturated rings. The lowest BCUT2D eigenvalue weighted by Crippen LogP contribution is -2.48. The maximum atomic E-state index is 12.5. The van der Waals surface area contributed by atoms with Crippen LogP contribution >= 0.6 is 0 Å². The average Bonchev–Trinajstić information content (AvgIpc) is 3.15. The Kier molecular flexibility index (Phi) is 5.85. The number of piperidine rings is 1. The van der Waals surface area contributed by atoms with Gasteiger partial charge in [-0.2, -0.15) is 5.10 Å². The van der Waals surface area contributed by atoms with Gasteiger partial charge in [-0.15, -0.1) is 6.58 Å². The number of amides is 2. The molecule has 27 heavy (non-hydrogen) atoms. The molecule has 2 aromatic rings. The van der Waals surface area contributed by atoms with Gasteiger partial charge in [-0.25, -0.2) is 14.5 Å². The fourth-order valence-electron chi connectivity index (χ4n) is 3.40. The van der Waals surface area contributed by atoms with Crippen LogP contribution < -0.4 is 5.32 Å². The summed E-state index contributed by atoms with van der Waals surface area (Å²) in [6.45, 7) is 5.04. The minimum absolute atomic E-state index is 0.0187. The van der Waals surface area contributed by atoms with Gasteiger partial charge in [0.1, 0.15) is 6.33 Å². The predicted octanol–water partition coefficient (Wildman–Crippen LogP) is 2.08. The topological polar surface area (TPSA) is 100 Å². The van der Waals surface area contributed by atoms with Crippen LogP contribution in [0.3, 0.4) is 0 Å². The van der Waals surface area contributed by atoms with Gasteiger partial charge in [0.05, 0.1) is 12.2 Å². The highest BCUT2D eigenvalue weighted by Gasteiger charge is 2.31. The van der Waals surface area contributed by atoms with Crippen molar-refractivity contribution in [1.82, 2.24) is 25.0 Å². The molecule has 1 saturated heterocycles. The van der Waals surface area contributed by atoms with Gasteiger partial charge < -0.3 is 15.3 Å². The number of aromatic nitrogens is 3. The lowest BCUT2D eigenvalue weighted by molar-refractivity contribution is -0.138. The second kappa shape index (κ2) is 8.48. The molecule has 8 nitrogen and oxygen atoms in total. The number of hydrogen-bond acceptors (Lipinski definition) is 4. The number of carboxylic acids is 1. The molecule has 0 unspecified atom stereocenters. The molecule has 2 heterocycles. The number of carboxylic acid groups (broad SMARTS) is 1. The van der Waals surface area contributed by atoms with Crippen LogP contribution in [-0.2, 0) is 11.3 Å². The van der Waals surface area contributed by atoms with Crippen LogP contribution in [-0.4, -0.2) is 49.9 Å². The molecule has 142 valence electrons. The number of para-hydroxylation sites is 1. The van der Waals surface area contributed by atoms with E-state index in [9.17, 15) is 9.59 Å². The second-order valence-corrected chi connectivity index (χ2v) is 6.57. The molecule has 8 heteroatoms. The Morgan fingerprint density at radius 1 is 1.33 bits per heavy atom. The standard InChI is InChI=1S/C19H23N5O3/c1-2-14-12-23(9-8-15(14)10-18(25)26)19(27)20-11-17-21-13-22-24(17)16-6-4-3-5-7-16/h2-7,13-15H,1,8-12H2,(H,20,27)(H,25,26)/t14-,15-/m0/s1. The molecule has 2 N–H and O–H groups in total. The second-order valence-electron chi connectivity index (χ2n) is 6.57. The van der Waals surface area contributed by atoms with Crippen LogP contribution in [0.4, 0.5) is 4.79 Å². The Hall–Kier alpha value is -3.16. The van der Waals surface area contributed by atoms with Gasteiger partial charge >= 0.3 is 12.0 Å². The van der Waals surface area contributed by atoms with Gasteiger partial charge in [0.2, 0.25) is 0 Å². The SMILES string of the molecule is C=C[C@H]1CN(C(=O)NCc2ncnn2-c2ccccc2)CC[C@H]1CC(=O)O. The van der Waals surface area contributed by atoms with Crippen molar-refractivity contribution in [3.8, 4) is 5.69 Å². The Morgan fingerprint density at radius 2 is 2.11 bits per heavy atom.